The molecular weight excluding hydrogens is 263 g/mol. The quantitative estimate of drug-likeness (QED) is 0.357. The normalized spacial score (nSPS) is 9.61. The van der Waals surface area contributed by atoms with Crippen LogP contribution in [0.3, 0.4) is 0 Å². The van der Waals surface area contributed by atoms with Gasteiger partial charge in [-0.3, -0.25) is 0 Å². The zero-order valence-electron chi connectivity index (χ0n) is 10.0. The fraction of sp³-hybridized carbons (Fsp3) is 0.200. The van der Waals surface area contributed by atoms with Crippen molar-refractivity contribution in [3.63, 3.8) is 0 Å². The number of carbonyl (C=O) groups is 1. The van der Waals surface area contributed by atoms with Crippen LogP contribution in [0.4, 0.5) is 0 Å². The Hall–Kier alpha value is -1.02. The zero-order chi connectivity index (χ0) is 12.3. The first-order valence-electron chi connectivity index (χ1n) is 4.95. The van der Waals surface area contributed by atoms with Crippen molar-refractivity contribution in [2.75, 3.05) is 6.61 Å². The number of benzene rings is 1. The van der Waals surface area contributed by atoms with Crippen LogP contribution < -0.4 is 29.6 Å². The summed E-state index contributed by atoms with van der Waals surface area (Å²) in [5.41, 5.74) is 1.18. The fourth-order valence-corrected chi connectivity index (χ4v) is 1.47. The zero-order valence-corrected chi connectivity index (χ0v) is 12.8. The topological polar surface area (TPSA) is 69.9 Å². The fourth-order valence-electron chi connectivity index (χ4n) is 1.29. The number of tetrazole rings is 1. The third kappa shape index (κ3) is 3.26. The Morgan fingerprint density at radius 3 is 2.56 bits per heavy atom. The maximum Gasteiger partial charge on any atom is 1.00 e. The first-order chi connectivity index (χ1) is 8.22. The first kappa shape index (κ1) is 15.0. The molecule has 0 amide bonds. The molecule has 0 bridgehead atoms. The standard InChI is InChI=1S/C10H10N4O2S.Na/c1-2-16-9(15)7-3-5-8(6-4-7)14-10(17)11-12-13-14;/h3-6H,2H2,1H3,(H,11,13,17);/q;+1/p-1. The second-order valence-corrected chi connectivity index (χ2v) is 3.51. The molecule has 88 valence electrons. The molecule has 8 heteroatoms. The van der Waals surface area contributed by atoms with Crippen LogP contribution in [0, 0.1) is 0 Å². The molecule has 2 aromatic rings. The van der Waals surface area contributed by atoms with Gasteiger partial charge in [-0.1, -0.05) is 0 Å². The first-order valence-corrected chi connectivity index (χ1v) is 5.36. The van der Waals surface area contributed by atoms with Crippen LogP contribution in [0.25, 0.3) is 5.69 Å². The van der Waals surface area contributed by atoms with Crippen LogP contribution in [0.15, 0.2) is 29.4 Å². The number of nitrogens with zero attached hydrogens (tertiary/aromatic N) is 4. The van der Waals surface area contributed by atoms with E-state index >= 15 is 0 Å². The molecule has 0 fully saturated rings. The van der Waals surface area contributed by atoms with E-state index in [1.165, 1.54) is 4.68 Å². The van der Waals surface area contributed by atoms with Crippen molar-refractivity contribution < 1.29 is 39.1 Å². The van der Waals surface area contributed by atoms with E-state index in [1.807, 2.05) is 0 Å². The number of hydrogen-bond donors (Lipinski definition) is 0. The summed E-state index contributed by atoms with van der Waals surface area (Å²) in [4.78, 5) is 11.4. The van der Waals surface area contributed by atoms with Crippen molar-refractivity contribution in [1.29, 1.82) is 0 Å². The van der Waals surface area contributed by atoms with Crippen molar-refractivity contribution in [2.24, 2.45) is 0 Å². The molecule has 0 radical (unpaired) electrons. The summed E-state index contributed by atoms with van der Waals surface area (Å²) < 4.78 is 6.28. The summed E-state index contributed by atoms with van der Waals surface area (Å²) in [5, 5.41) is 11.1. The predicted molar refractivity (Wildman–Crippen MR) is 60.7 cm³/mol. The van der Waals surface area contributed by atoms with Crippen LogP contribution in [0.1, 0.15) is 17.3 Å². The van der Waals surface area contributed by atoms with Gasteiger partial charge in [0.25, 0.3) is 0 Å². The molecule has 0 aliphatic carbocycles. The summed E-state index contributed by atoms with van der Waals surface area (Å²) >= 11 is 4.93. The molecule has 0 saturated heterocycles. The Morgan fingerprint density at radius 1 is 1.39 bits per heavy atom. The minimum Gasteiger partial charge on any atom is -0.738 e. The largest absolute Gasteiger partial charge is 1.00 e. The van der Waals surface area contributed by atoms with Gasteiger partial charge in [0.1, 0.15) is 0 Å². The number of esters is 1. The van der Waals surface area contributed by atoms with E-state index in [0.717, 1.165) is 0 Å². The second kappa shape index (κ2) is 6.79. The molecule has 0 spiro atoms. The number of rotatable bonds is 3. The average Bonchev–Trinajstić information content (AvgIpc) is 2.76. The Bertz CT molecular complexity index is 529. The summed E-state index contributed by atoms with van der Waals surface area (Å²) in [6.45, 7) is 2.11. The van der Waals surface area contributed by atoms with Crippen LogP contribution in [0.2, 0.25) is 0 Å². The van der Waals surface area contributed by atoms with Gasteiger partial charge in [-0.15, -0.1) is 5.10 Å². The molecule has 0 atom stereocenters. The van der Waals surface area contributed by atoms with Crippen molar-refractivity contribution in [2.45, 2.75) is 12.1 Å². The molecular formula is C10H9N4NaO2S. The van der Waals surface area contributed by atoms with Crippen LogP contribution in [-0.2, 0) is 17.4 Å². The van der Waals surface area contributed by atoms with Crippen molar-refractivity contribution in [3.05, 3.63) is 29.8 Å². The molecule has 0 aliphatic rings. The minimum atomic E-state index is -0.352. The van der Waals surface area contributed by atoms with Gasteiger partial charge >= 0.3 is 35.5 Å². The van der Waals surface area contributed by atoms with Crippen LogP contribution >= 0.6 is 0 Å². The van der Waals surface area contributed by atoms with E-state index in [4.69, 9.17) is 17.4 Å². The van der Waals surface area contributed by atoms with Gasteiger partial charge in [0.15, 0.2) is 0 Å². The molecule has 0 saturated carbocycles. The summed E-state index contributed by atoms with van der Waals surface area (Å²) in [7, 11) is 0. The average molecular weight is 272 g/mol. The molecule has 2 rings (SSSR count). The van der Waals surface area contributed by atoms with E-state index in [1.54, 1.807) is 31.2 Å². The Morgan fingerprint density at radius 2 is 2.06 bits per heavy atom. The second-order valence-electron chi connectivity index (χ2n) is 3.14. The molecule has 6 nitrogen and oxygen atoms in total. The SMILES string of the molecule is CCOC(=O)c1ccc(-n2nnnc2[S-])cc1.[Na+]. The van der Waals surface area contributed by atoms with Crippen molar-refractivity contribution in [3.8, 4) is 5.69 Å². The minimum absolute atomic E-state index is 0. The number of hydrogen-bond acceptors (Lipinski definition) is 6. The van der Waals surface area contributed by atoms with Crippen LogP contribution in [-0.4, -0.2) is 32.8 Å². The summed E-state index contributed by atoms with van der Waals surface area (Å²) in [6.07, 6.45) is 0. The molecule has 1 aromatic heterocycles. The number of aromatic nitrogens is 4. The molecule has 1 aromatic carbocycles. The molecule has 1 heterocycles. The van der Waals surface area contributed by atoms with Gasteiger partial charge in [0, 0.05) is 5.16 Å². The number of carbonyl (C=O) groups excluding carboxylic acids is 1. The van der Waals surface area contributed by atoms with E-state index in [0.29, 0.717) is 17.9 Å². The smallest absolute Gasteiger partial charge is 0.738 e. The van der Waals surface area contributed by atoms with Gasteiger partial charge < -0.3 is 17.4 Å². The Labute approximate surface area is 131 Å². The maximum atomic E-state index is 11.4. The van der Waals surface area contributed by atoms with Crippen molar-refractivity contribution >= 4 is 18.6 Å². The van der Waals surface area contributed by atoms with Gasteiger partial charge in [0.2, 0.25) is 0 Å². The van der Waals surface area contributed by atoms with Gasteiger partial charge in [-0.2, -0.15) is 0 Å². The Balaban J connectivity index is 0.00000162. The number of ether oxygens (including phenoxy) is 1. The summed E-state index contributed by atoms with van der Waals surface area (Å²) in [6, 6.07) is 6.70. The van der Waals surface area contributed by atoms with E-state index in [9.17, 15) is 4.79 Å². The maximum absolute atomic E-state index is 11.4. The van der Waals surface area contributed by atoms with E-state index in [-0.39, 0.29) is 40.7 Å². The van der Waals surface area contributed by atoms with Gasteiger partial charge in [-0.25, -0.2) is 9.48 Å². The molecule has 0 unspecified atom stereocenters. The van der Waals surface area contributed by atoms with Crippen LogP contribution in [0.5, 0.6) is 0 Å². The summed E-state index contributed by atoms with van der Waals surface area (Å²) in [5.74, 6) is -0.352. The predicted octanol–water partition coefficient (Wildman–Crippen LogP) is -2.25. The van der Waals surface area contributed by atoms with Crippen molar-refractivity contribution in [1.82, 2.24) is 20.2 Å². The molecule has 0 aliphatic heterocycles. The van der Waals surface area contributed by atoms with E-state index in [2.05, 4.69) is 15.5 Å². The molecule has 0 N–H and O–H groups in total. The third-order valence-electron chi connectivity index (χ3n) is 2.06. The van der Waals surface area contributed by atoms with Gasteiger partial charge in [-0.05, 0) is 41.6 Å². The molecule has 18 heavy (non-hydrogen) atoms. The third-order valence-corrected chi connectivity index (χ3v) is 2.32. The Kier molecular flexibility index (Phi) is 5.67. The monoisotopic (exact) mass is 272 g/mol. The van der Waals surface area contributed by atoms with E-state index < -0.39 is 0 Å². The van der Waals surface area contributed by atoms with Gasteiger partial charge in [0.05, 0.1) is 17.9 Å².